The van der Waals surface area contributed by atoms with Crippen molar-refractivity contribution in [2.24, 2.45) is 0 Å². The minimum absolute atomic E-state index is 0.147. The summed E-state index contributed by atoms with van der Waals surface area (Å²) in [4.78, 5) is 12.7. The lowest BCUT2D eigenvalue weighted by Gasteiger charge is -1.94. The molecule has 0 amide bonds. The lowest BCUT2D eigenvalue weighted by molar-refractivity contribution is 0.104. The molecule has 0 aliphatic carbocycles. The Bertz CT molecular complexity index is 412. The highest BCUT2D eigenvalue weighted by Crippen LogP contribution is 2.20. The van der Waals surface area contributed by atoms with Crippen LogP contribution in [0.1, 0.15) is 20.8 Å². The van der Waals surface area contributed by atoms with Crippen LogP contribution in [0.25, 0.3) is 0 Å². The van der Waals surface area contributed by atoms with Gasteiger partial charge in [0, 0.05) is 10.9 Å². The molecule has 0 aliphatic heterocycles. The van der Waals surface area contributed by atoms with E-state index in [1.54, 1.807) is 11.3 Å². The van der Waals surface area contributed by atoms with Crippen molar-refractivity contribution in [2.45, 2.75) is 6.92 Å². The number of carbonyl (C=O) groups is 1. The quantitative estimate of drug-likeness (QED) is 0.692. The van der Waals surface area contributed by atoms with Gasteiger partial charge in [0.1, 0.15) is 0 Å². The molecule has 13 heavy (non-hydrogen) atoms. The van der Waals surface area contributed by atoms with Crippen LogP contribution in [0, 0.1) is 6.92 Å². The third-order valence-corrected chi connectivity index (χ3v) is 3.55. The SMILES string of the molecule is Cc1ccsc1C(=O)c1ccsc1. The molecular weight excluding hydrogens is 200 g/mol. The number of ketones is 1. The molecule has 66 valence electrons. The number of rotatable bonds is 2. The minimum Gasteiger partial charge on any atom is -0.288 e. The van der Waals surface area contributed by atoms with Gasteiger partial charge in [-0.15, -0.1) is 11.3 Å². The molecule has 0 saturated carbocycles. The fourth-order valence-electron chi connectivity index (χ4n) is 1.13. The summed E-state index contributed by atoms with van der Waals surface area (Å²) in [6.07, 6.45) is 0. The third-order valence-electron chi connectivity index (χ3n) is 1.85. The van der Waals surface area contributed by atoms with Crippen LogP contribution in [0.5, 0.6) is 0 Å². The Hall–Kier alpha value is -0.930. The third kappa shape index (κ3) is 1.57. The molecule has 2 aromatic rings. The lowest BCUT2D eigenvalue weighted by atomic mass is 10.1. The van der Waals surface area contributed by atoms with Gasteiger partial charge in [0.15, 0.2) is 0 Å². The van der Waals surface area contributed by atoms with Gasteiger partial charge in [-0.1, -0.05) is 0 Å². The number of aryl methyl sites for hydroxylation is 1. The van der Waals surface area contributed by atoms with E-state index >= 15 is 0 Å². The van der Waals surface area contributed by atoms with Crippen molar-refractivity contribution in [3.05, 3.63) is 44.3 Å². The van der Waals surface area contributed by atoms with Crippen LogP contribution in [0.2, 0.25) is 0 Å². The minimum atomic E-state index is 0.147. The lowest BCUT2D eigenvalue weighted by Crippen LogP contribution is -1.97. The highest BCUT2D eigenvalue weighted by atomic mass is 32.1. The first kappa shape index (κ1) is 8.66. The molecule has 0 N–H and O–H groups in total. The standard InChI is InChI=1S/C10H8OS2/c1-7-2-5-13-10(7)9(11)8-3-4-12-6-8/h2-6H,1H3. The van der Waals surface area contributed by atoms with Crippen molar-refractivity contribution in [1.82, 2.24) is 0 Å². The van der Waals surface area contributed by atoms with E-state index in [-0.39, 0.29) is 5.78 Å². The summed E-state index contributed by atoms with van der Waals surface area (Å²) < 4.78 is 0. The van der Waals surface area contributed by atoms with E-state index in [4.69, 9.17) is 0 Å². The molecule has 0 fully saturated rings. The maximum Gasteiger partial charge on any atom is 0.204 e. The molecule has 0 bridgehead atoms. The molecule has 0 unspecified atom stereocenters. The van der Waals surface area contributed by atoms with Gasteiger partial charge < -0.3 is 0 Å². The zero-order chi connectivity index (χ0) is 9.26. The van der Waals surface area contributed by atoms with Crippen molar-refractivity contribution in [2.75, 3.05) is 0 Å². The first-order valence-electron chi connectivity index (χ1n) is 3.90. The van der Waals surface area contributed by atoms with Crippen molar-refractivity contribution >= 4 is 28.5 Å². The van der Waals surface area contributed by atoms with Gasteiger partial charge in [-0.2, -0.15) is 11.3 Å². The first-order valence-corrected chi connectivity index (χ1v) is 5.72. The van der Waals surface area contributed by atoms with Crippen LogP contribution in [-0.4, -0.2) is 5.78 Å². The van der Waals surface area contributed by atoms with Crippen LogP contribution in [0.15, 0.2) is 28.3 Å². The molecule has 0 atom stereocenters. The second-order valence-electron chi connectivity index (χ2n) is 2.77. The van der Waals surface area contributed by atoms with Gasteiger partial charge in [0.25, 0.3) is 0 Å². The largest absolute Gasteiger partial charge is 0.288 e. The first-order chi connectivity index (χ1) is 6.29. The predicted octanol–water partition coefficient (Wildman–Crippen LogP) is 3.35. The summed E-state index contributed by atoms with van der Waals surface area (Å²) in [5.74, 6) is 0.147. The molecule has 0 saturated heterocycles. The van der Waals surface area contributed by atoms with Gasteiger partial charge in [-0.25, -0.2) is 0 Å². The number of hydrogen-bond acceptors (Lipinski definition) is 3. The Morgan fingerprint density at radius 2 is 2.15 bits per heavy atom. The molecule has 2 rings (SSSR count). The maximum absolute atomic E-state index is 11.8. The van der Waals surface area contributed by atoms with Gasteiger partial charge in [-0.3, -0.25) is 4.79 Å². The van der Waals surface area contributed by atoms with Crippen molar-refractivity contribution in [3.63, 3.8) is 0 Å². The van der Waals surface area contributed by atoms with Crippen LogP contribution in [-0.2, 0) is 0 Å². The van der Waals surface area contributed by atoms with Crippen molar-refractivity contribution in [1.29, 1.82) is 0 Å². The Morgan fingerprint density at radius 1 is 1.31 bits per heavy atom. The smallest absolute Gasteiger partial charge is 0.204 e. The fraction of sp³-hybridized carbons (Fsp3) is 0.100. The zero-order valence-corrected chi connectivity index (χ0v) is 8.74. The van der Waals surface area contributed by atoms with Gasteiger partial charge in [0.05, 0.1) is 4.88 Å². The van der Waals surface area contributed by atoms with Gasteiger partial charge in [0.2, 0.25) is 5.78 Å². The number of carbonyl (C=O) groups excluding carboxylic acids is 1. The van der Waals surface area contributed by atoms with E-state index in [0.717, 1.165) is 16.0 Å². The average Bonchev–Trinajstić information content (AvgIpc) is 2.72. The van der Waals surface area contributed by atoms with Crippen LogP contribution in [0.4, 0.5) is 0 Å². The normalized spacial score (nSPS) is 10.2. The molecule has 0 radical (unpaired) electrons. The van der Waals surface area contributed by atoms with Gasteiger partial charge >= 0.3 is 0 Å². The monoisotopic (exact) mass is 208 g/mol. The maximum atomic E-state index is 11.8. The summed E-state index contributed by atoms with van der Waals surface area (Å²) in [5, 5.41) is 5.77. The molecule has 3 heteroatoms. The summed E-state index contributed by atoms with van der Waals surface area (Å²) in [5.41, 5.74) is 1.87. The van der Waals surface area contributed by atoms with E-state index in [0.29, 0.717) is 0 Å². The Morgan fingerprint density at radius 3 is 2.69 bits per heavy atom. The molecule has 0 aromatic carbocycles. The molecule has 0 spiro atoms. The van der Waals surface area contributed by atoms with E-state index in [1.165, 1.54) is 11.3 Å². The Kier molecular flexibility index (Phi) is 2.29. The van der Waals surface area contributed by atoms with Crippen molar-refractivity contribution in [3.8, 4) is 0 Å². The van der Waals surface area contributed by atoms with Crippen LogP contribution < -0.4 is 0 Å². The second-order valence-corrected chi connectivity index (χ2v) is 4.47. The molecule has 1 nitrogen and oxygen atoms in total. The second kappa shape index (κ2) is 3.44. The zero-order valence-electron chi connectivity index (χ0n) is 7.11. The summed E-state index contributed by atoms with van der Waals surface area (Å²) in [6, 6.07) is 3.84. The van der Waals surface area contributed by atoms with E-state index in [1.807, 2.05) is 35.2 Å². The highest BCUT2D eigenvalue weighted by molar-refractivity contribution is 7.12. The van der Waals surface area contributed by atoms with Gasteiger partial charge in [-0.05, 0) is 35.4 Å². The van der Waals surface area contributed by atoms with Crippen LogP contribution in [0.3, 0.4) is 0 Å². The highest BCUT2D eigenvalue weighted by Gasteiger charge is 2.12. The van der Waals surface area contributed by atoms with Crippen LogP contribution >= 0.6 is 22.7 Å². The molecule has 0 aliphatic rings. The van der Waals surface area contributed by atoms with E-state index in [9.17, 15) is 4.79 Å². The predicted molar refractivity (Wildman–Crippen MR) is 56.8 cm³/mol. The Balaban J connectivity index is 2.39. The van der Waals surface area contributed by atoms with E-state index < -0.39 is 0 Å². The fourth-order valence-corrected chi connectivity index (χ4v) is 2.65. The summed E-state index contributed by atoms with van der Waals surface area (Å²) in [7, 11) is 0. The molecular formula is C10H8OS2. The number of thiophene rings is 2. The topological polar surface area (TPSA) is 17.1 Å². The average molecular weight is 208 g/mol. The summed E-state index contributed by atoms with van der Waals surface area (Å²) >= 11 is 3.07. The Labute approximate surface area is 84.7 Å². The molecule has 2 heterocycles. The summed E-state index contributed by atoms with van der Waals surface area (Å²) in [6.45, 7) is 1.97. The number of hydrogen-bond donors (Lipinski definition) is 0. The van der Waals surface area contributed by atoms with E-state index in [2.05, 4.69) is 0 Å². The molecule has 2 aromatic heterocycles. The van der Waals surface area contributed by atoms with Crippen molar-refractivity contribution < 1.29 is 4.79 Å².